The fraction of sp³-hybridized carbons (Fsp3) is 0.444. The molecule has 0 fully saturated rings. The van der Waals surface area contributed by atoms with Crippen molar-refractivity contribution in [2.45, 2.75) is 31.2 Å². The molecule has 0 spiro atoms. The lowest BCUT2D eigenvalue weighted by atomic mass is 9.98. The van der Waals surface area contributed by atoms with Crippen LogP contribution in [0.25, 0.3) is 11.1 Å². The van der Waals surface area contributed by atoms with Gasteiger partial charge in [-0.1, -0.05) is 48.5 Å². The first-order chi connectivity index (χ1) is 18.0. The van der Waals surface area contributed by atoms with Gasteiger partial charge in [0.05, 0.1) is 19.8 Å². The lowest BCUT2D eigenvalue weighted by molar-refractivity contribution is -0.140. The van der Waals surface area contributed by atoms with Gasteiger partial charge < -0.3 is 35.1 Å². The number of nitrogens with one attached hydrogen (secondary N) is 2. The van der Waals surface area contributed by atoms with Crippen molar-refractivity contribution in [1.29, 1.82) is 0 Å². The first-order valence-corrected chi connectivity index (χ1v) is 12.4. The summed E-state index contributed by atoms with van der Waals surface area (Å²) in [7, 11) is 0. The molecule has 4 N–H and O–H groups in total. The quantitative estimate of drug-likeness (QED) is 0.234. The molecule has 2 aromatic carbocycles. The van der Waals surface area contributed by atoms with Crippen molar-refractivity contribution < 1.29 is 38.8 Å². The Bertz CT molecular complexity index is 999. The molecule has 1 aliphatic rings. The van der Waals surface area contributed by atoms with Crippen LogP contribution in [0.15, 0.2) is 48.5 Å². The van der Waals surface area contributed by atoms with Gasteiger partial charge in [-0.15, -0.1) is 0 Å². The maximum atomic E-state index is 12.1. The number of hydrogen-bond donors (Lipinski definition) is 4. The highest BCUT2D eigenvalue weighted by Gasteiger charge is 2.28. The Morgan fingerprint density at radius 2 is 1.46 bits per heavy atom. The molecular weight excluding hydrogens is 480 g/mol. The van der Waals surface area contributed by atoms with Crippen LogP contribution >= 0.6 is 0 Å². The largest absolute Gasteiger partial charge is 0.481 e. The van der Waals surface area contributed by atoms with Crippen molar-refractivity contribution in [1.82, 2.24) is 10.6 Å². The van der Waals surface area contributed by atoms with Crippen molar-refractivity contribution in [2.24, 2.45) is 0 Å². The van der Waals surface area contributed by atoms with Crippen LogP contribution < -0.4 is 10.6 Å². The molecule has 0 saturated carbocycles. The van der Waals surface area contributed by atoms with Gasteiger partial charge in [-0.05, 0) is 41.6 Å². The van der Waals surface area contributed by atoms with Crippen LogP contribution in [0.3, 0.4) is 0 Å². The third-order valence-corrected chi connectivity index (χ3v) is 6.03. The molecular formula is C27H34N2O8. The molecule has 1 unspecified atom stereocenters. The lowest BCUT2D eigenvalue weighted by Crippen LogP contribution is -2.38. The van der Waals surface area contributed by atoms with E-state index in [1.54, 1.807) is 0 Å². The molecule has 37 heavy (non-hydrogen) atoms. The lowest BCUT2D eigenvalue weighted by Gasteiger charge is -2.14. The van der Waals surface area contributed by atoms with Crippen molar-refractivity contribution in [3.63, 3.8) is 0 Å². The third-order valence-electron chi connectivity index (χ3n) is 6.03. The highest BCUT2D eigenvalue weighted by Crippen LogP contribution is 2.44. The minimum absolute atomic E-state index is 0.0153. The number of aliphatic carboxylic acids is 2. The second kappa shape index (κ2) is 14.9. The van der Waals surface area contributed by atoms with Crippen LogP contribution in [0, 0.1) is 0 Å². The smallest absolute Gasteiger partial charge is 0.407 e. The molecule has 10 nitrogen and oxygen atoms in total. The number of carbonyl (C=O) groups is 3. The summed E-state index contributed by atoms with van der Waals surface area (Å²) in [5.74, 6) is -2.08. The van der Waals surface area contributed by atoms with E-state index in [-0.39, 0.29) is 25.4 Å². The van der Waals surface area contributed by atoms with Gasteiger partial charge in [0.1, 0.15) is 12.6 Å². The number of carboxylic acid groups (broad SMARTS) is 2. The Hall–Kier alpha value is -3.47. The van der Waals surface area contributed by atoms with Crippen molar-refractivity contribution in [3.05, 3.63) is 59.7 Å². The van der Waals surface area contributed by atoms with E-state index in [2.05, 4.69) is 34.9 Å². The first-order valence-electron chi connectivity index (χ1n) is 12.4. The van der Waals surface area contributed by atoms with E-state index >= 15 is 0 Å². The molecule has 200 valence electrons. The van der Waals surface area contributed by atoms with Crippen molar-refractivity contribution in [2.75, 3.05) is 46.1 Å². The van der Waals surface area contributed by atoms with E-state index in [0.717, 1.165) is 11.1 Å². The summed E-state index contributed by atoms with van der Waals surface area (Å²) in [6.45, 7) is 2.44. The number of rotatable bonds is 17. The number of ether oxygens (including phenoxy) is 3. The van der Waals surface area contributed by atoms with Gasteiger partial charge in [-0.3, -0.25) is 9.59 Å². The molecule has 1 amide bonds. The topological polar surface area (TPSA) is 143 Å². The Kier molecular flexibility index (Phi) is 11.3. The molecule has 0 aromatic heterocycles. The standard InChI is InChI=1S/C27H34N2O8/c30-25(31)11-10-24(26(32)33)28-12-5-14-35-16-17-36-15-13-29-27(34)37-18-23-21-8-3-1-6-19(21)20-7-2-4-9-22(20)23/h1-4,6-9,23-24,28H,5,10-18H2,(H,29,34)(H,30,31)(H,32,33). The average molecular weight is 515 g/mol. The van der Waals surface area contributed by atoms with Gasteiger partial charge in [-0.2, -0.15) is 0 Å². The SMILES string of the molecule is O=C(O)CCC(NCCCOCCOCCNC(=O)OCC1c2ccccc2-c2ccccc21)C(=O)O. The number of fused-ring (bicyclic) bond motifs is 3. The molecule has 0 radical (unpaired) electrons. The summed E-state index contributed by atoms with van der Waals surface area (Å²) >= 11 is 0. The van der Waals surface area contributed by atoms with Crippen LogP contribution in [0.1, 0.15) is 36.3 Å². The Morgan fingerprint density at radius 1 is 0.838 bits per heavy atom. The van der Waals surface area contributed by atoms with Gasteiger partial charge in [0.25, 0.3) is 0 Å². The van der Waals surface area contributed by atoms with Crippen LogP contribution in [-0.2, 0) is 23.8 Å². The van der Waals surface area contributed by atoms with Crippen LogP contribution in [-0.4, -0.2) is 80.4 Å². The number of alkyl carbamates (subject to hydrolysis) is 1. The second-order valence-electron chi connectivity index (χ2n) is 8.61. The summed E-state index contributed by atoms with van der Waals surface area (Å²) in [6, 6.07) is 15.5. The highest BCUT2D eigenvalue weighted by atomic mass is 16.6. The van der Waals surface area contributed by atoms with Gasteiger partial charge in [0, 0.05) is 25.5 Å². The number of carbonyl (C=O) groups excluding carboxylic acids is 1. The second-order valence-corrected chi connectivity index (χ2v) is 8.61. The predicted molar refractivity (Wildman–Crippen MR) is 136 cm³/mol. The Morgan fingerprint density at radius 3 is 2.08 bits per heavy atom. The summed E-state index contributed by atoms with van der Waals surface area (Å²) in [4.78, 5) is 33.8. The van der Waals surface area contributed by atoms with Gasteiger partial charge >= 0.3 is 18.0 Å². The monoisotopic (exact) mass is 514 g/mol. The van der Waals surface area contributed by atoms with Crippen molar-refractivity contribution in [3.8, 4) is 11.1 Å². The van der Waals surface area contributed by atoms with E-state index in [4.69, 9.17) is 24.4 Å². The van der Waals surface area contributed by atoms with Crippen LogP contribution in [0.4, 0.5) is 4.79 Å². The minimum atomic E-state index is -1.07. The van der Waals surface area contributed by atoms with E-state index in [0.29, 0.717) is 45.9 Å². The molecule has 0 saturated heterocycles. The molecule has 10 heteroatoms. The minimum Gasteiger partial charge on any atom is -0.481 e. The Labute approximate surface area is 215 Å². The van der Waals surface area contributed by atoms with E-state index in [1.807, 2.05) is 24.3 Å². The molecule has 2 aromatic rings. The summed E-state index contributed by atoms with van der Waals surface area (Å²) < 4.78 is 16.4. The fourth-order valence-electron chi connectivity index (χ4n) is 4.23. The maximum Gasteiger partial charge on any atom is 0.407 e. The maximum absolute atomic E-state index is 12.1. The zero-order valence-corrected chi connectivity index (χ0v) is 20.7. The first kappa shape index (κ1) is 28.1. The van der Waals surface area contributed by atoms with Gasteiger partial charge in [0.15, 0.2) is 0 Å². The normalized spacial score (nSPS) is 13.0. The molecule has 3 rings (SSSR count). The van der Waals surface area contributed by atoms with Crippen molar-refractivity contribution >= 4 is 18.0 Å². The van der Waals surface area contributed by atoms with E-state index < -0.39 is 24.1 Å². The summed E-state index contributed by atoms with van der Waals surface area (Å²) in [6.07, 6.45) is -0.0744. The zero-order chi connectivity index (χ0) is 26.5. The summed E-state index contributed by atoms with van der Waals surface area (Å²) in [5.41, 5.74) is 4.68. The van der Waals surface area contributed by atoms with E-state index in [1.165, 1.54) is 11.1 Å². The van der Waals surface area contributed by atoms with E-state index in [9.17, 15) is 14.4 Å². The zero-order valence-electron chi connectivity index (χ0n) is 20.7. The van der Waals surface area contributed by atoms with Gasteiger partial charge in [0.2, 0.25) is 0 Å². The number of hydrogen-bond acceptors (Lipinski definition) is 7. The fourth-order valence-corrected chi connectivity index (χ4v) is 4.23. The predicted octanol–water partition coefficient (Wildman–Crippen LogP) is 2.86. The molecule has 0 heterocycles. The Balaban J connectivity index is 1.20. The number of amides is 1. The number of carboxylic acids is 2. The van der Waals surface area contributed by atoms with Crippen LogP contribution in [0.2, 0.25) is 0 Å². The molecule has 1 aliphatic carbocycles. The molecule has 1 atom stereocenters. The number of benzene rings is 2. The molecule has 0 aliphatic heterocycles. The van der Waals surface area contributed by atoms with Crippen LogP contribution in [0.5, 0.6) is 0 Å². The average Bonchev–Trinajstić information content (AvgIpc) is 3.21. The summed E-state index contributed by atoms with van der Waals surface area (Å²) in [5, 5.41) is 23.2. The third kappa shape index (κ3) is 8.85. The highest BCUT2D eigenvalue weighted by molar-refractivity contribution is 5.79. The molecule has 0 bridgehead atoms. The van der Waals surface area contributed by atoms with Gasteiger partial charge in [-0.25, -0.2) is 4.79 Å².